The first-order valence-electron chi connectivity index (χ1n) is 8.11. The Balaban J connectivity index is 1.94. The van der Waals surface area contributed by atoms with Crippen molar-refractivity contribution in [1.82, 2.24) is 10.0 Å². The van der Waals surface area contributed by atoms with E-state index in [2.05, 4.69) is 18.2 Å². The maximum Gasteiger partial charge on any atom is 0.0739 e. The molecule has 1 N–H and O–H groups in total. The Morgan fingerprint density at radius 1 is 1.00 bits per heavy atom. The molecule has 1 aromatic carbocycles. The standard InChI is InChI=1S/C19H19ClN2O/c20-16-5-6-17-15(12-16)4-3-14-2-1-9-21-19(14)18(17)13-7-10-22(23)11-8-13/h1-2,5-6,9,12,23H,3-4,7-8,10-11H2. The monoisotopic (exact) mass is 326 g/mol. The van der Waals surface area contributed by atoms with Crippen LogP contribution in [0.1, 0.15) is 35.2 Å². The molecular weight excluding hydrogens is 308 g/mol. The lowest BCUT2D eigenvalue weighted by atomic mass is 9.89. The van der Waals surface area contributed by atoms with Crippen LogP contribution in [-0.4, -0.2) is 28.3 Å². The smallest absolute Gasteiger partial charge is 0.0739 e. The van der Waals surface area contributed by atoms with Gasteiger partial charge in [-0.3, -0.25) is 4.98 Å². The molecule has 1 saturated heterocycles. The first-order chi connectivity index (χ1) is 11.2. The van der Waals surface area contributed by atoms with Gasteiger partial charge in [0, 0.05) is 29.9 Å². The largest absolute Gasteiger partial charge is 0.314 e. The van der Waals surface area contributed by atoms with E-state index in [0.717, 1.165) is 36.4 Å². The van der Waals surface area contributed by atoms with Crippen molar-refractivity contribution in [2.24, 2.45) is 0 Å². The van der Waals surface area contributed by atoms with Gasteiger partial charge in [0.25, 0.3) is 0 Å². The molecule has 0 radical (unpaired) electrons. The lowest BCUT2D eigenvalue weighted by Gasteiger charge is -2.25. The van der Waals surface area contributed by atoms with Gasteiger partial charge in [-0.05, 0) is 60.6 Å². The molecule has 0 bridgehead atoms. The van der Waals surface area contributed by atoms with E-state index >= 15 is 0 Å². The Morgan fingerprint density at radius 2 is 1.78 bits per heavy atom. The predicted molar refractivity (Wildman–Crippen MR) is 91.7 cm³/mol. The third-order valence-electron chi connectivity index (χ3n) is 4.83. The van der Waals surface area contributed by atoms with Crippen LogP contribution in [0.3, 0.4) is 0 Å². The molecule has 0 unspecified atom stereocenters. The molecule has 0 spiro atoms. The number of hydroxylamine groups is 2. The Hall–Kier alpha value is -1.68. The summed E-state index contributed by atoms with van der Waals surface area (Å²) in [6, 6.07) is 10.4. The summed E-state index contributed by atoms with van der Waals surface area (Å²) in [5.74, 6) is 0. The molecule has 1 aliphatic carbocycles. The fourth-order valence-corrected chi connectivity index (χ4v) is 3.84. The highest BCUT2D eigenvalue weighted by Gasteiger charge is 2.24. The summed E-state index contributed by atoms with van der Waals surface area (Å²) in [6.07, 6.45) is 5.60. The van der Waals surface area contributed by atoms with Crippen molar-refractivity contribution in [1.29, 1.82) is 0 Å². The Labute approximate surface area is 141 Å². The minimum absolute atomic E-state index is 0.684. The van der Waals surface area contributed by atoms with Crippen LogP contribution in [0.2, 0.25) is 5.02 Å². The molecule has 4 heteroatoms. The second-order valence-corrected chi connectivity index (χ2v) is 6.68. The third-order valence-corrected chi connectivity index (χ3v) is 5.06. The summed E-state index contributed by atoms with van der Waals surface area (Å²) in [5.41, 5.74) is 7.61. The van der Waals surface area contributed by atoms with Gasteiger partial charge >= 0.3 is 0 Å². The highest BCUT2D eigenvalue weighted by Crippen LogP contribution is 2.38. The van der Waals surface area contributed by atoms with Crippen LogP contribution in [0.15, 0.2) is 42.1 Å². The number of nitrogens with zero attached hydrogens (tertiary/aromatic N) is 2. The molecule has 0 atom stereocenters. The molecule has 1 aromatic heterocycles. The van der Waals surface area contributed by atoms with Gasteiger partial charge in [-0.15, -0.1) is 0 Å². The summed E-state index contributed by atoms with van der Waals surface area (Å²) in [6.45, 7) is 1.37. The Bertz CT molecular complexity index is 775. The molecule has 0 saturated carbocycles. The lowest BCUT2D eigenvalue weighted by molar-refractivity contribution is -0.0958. The van der Waals surface area contributed by atoms with E-state index in [1.807, 2.05) is 18.3 Å². The van der Waals surface area contributed by atoms with Crippen LogP contribution in [0, 0.1) is 0 Å². The van der Waals surface area contributed by atoms with Crippen LogP contribution < -0.4 is 0 Å². The number of fused-ring (bicyclic) bond motifs is 2. The first-order valence-corrected chi connectivity index (χ1v) is 8.49. The van der Waals surface area contributed by atoms with Crippen molar-refractivity contribution < 1.29 is 5.21 Å². The van der Waals surface area contributed by atoms with E-state index in [9.17, 15) is 5.21 Å². The predicted octanol–water partition coefficient (Wildman–Crippen LogP) is 4.12. The number of aromatic nitrogens is 1. The second kappa shape index (κ2) is 6.08. The average Bonchev–Trinajstić information content (AvgIpc) is 2.72. The van der Waals surface area contributed by atoms with E-state index in [1.165, 1.54) is 32.9 Å². The van der Waals surface area contributed by atoms with Gasteiger partial charge < -0.3 is 5.21 Å². The van der Waals surface area contributed by atoms with Crippen LogP contribution in [0.4, 0.5) is 0 Å². The summed E-state index contributed by atoms with van der Waals surface area (Å²) < 4.78 is 0. The zero-order chi connectivity index (χ0) is 15.8. The number of aryl methyl sites for hydroxylation is 2. The summed E-state index contributed by atoms with van der Waals surface area (Å²) >= 11 is 6.22. The molecule has 2 heterocycles. The SMILES string of the molecule is ON1CCC(=C2c3ccc(Cl)cc3CCc3cccnc32)CC1. The molecule has 4 rings (SSSR count). The van der Waals surface area contributed by atoms with E-state index in [1.54, 1.807) is 0 Å². The highest BCUT2D eigenvalue weighted by molar-refractivity contribution is 6.30. The fourth-order valence-electron chi connectivity index (χ4n) is 3.65. The highest BCUT2D eigenvalue weighted by atomic mass is 35.5. The van der Waals surface area contributed by atoms with Gasteiger partial charge in [0.2, 0.25) is 0 Å². The minimum Gasteiger partial charge on any atom is -0.314 e. The van der Waals surface area contributed by atoms with Gasteiger partial charge in [-0.2, -0.15) is 5.06 Å². The number of hydrogen-bond donors (Lipinski definition) is 1. The van der Waals surface area contributed by atoms with E-state index in [0.29, 0.717) is 13.1 Å². The van der Waals surface area contributed by atoms with Gasteiger partial charge in [-0.25, -0.2) is 0 Å². The zero-order valence-electron chi connectivity index (χ0n) is 12.9. The lowest BCUT2D eigenvalue weighted by Crippen LogP contribution is -2.27. The minimum atomic E-state index is 0.684. The number of rotatable bonds is 0. The average molecular weight is 327 g/mol. The summed E-state index contributed by atoms with van der Waals surface area (Å²) in [7, 11) is 0. The maximum absolute atomic E-state index is 9.69. The topological polar surface area (TPSA) is 36.4 Å². The van der Waals surface area contributed by atoms with Crippen molar-refractivity contribution in [3.05, 3.63) is 69.5 Å². The normalized spacial score (nSPS) is 18.3. The molecule has 1 aliphatic heterocycles. The van der Waals surface area contributed by atoms with E-state index in [-0.39, 0.29) is 0 Å². The fraction of sp³-hybridized carbons (Fsp3) is 0.316. The molecule has 0 amide bonds. The van der Waals surface area contributed by atoms with Gasteiger partial charge in [0.15, 0.2) is 0 Å². The number of pyridine rings is 1. The van der Waals surface area contributed by atoms with E-state index < -0.39 is 0 Å². The molecular formula is C19H19ClN2O. The van der Waals surface area contributed by atoms with Gasteiger partial charge in [-0.1, -0.05) is 29.3 Å². The number of piperidine rings is 1. The Morgan fingerprint density at radius 3 is 2.61 bits per heavy atom. The van der Waals surface area contributed by atoms with Crippen molar-refractivity contribution >= 4 is 17.2 Å². The summed E-state index contributed by atoms with van der Waals surface area (Å²) in [4.78, 5) is 4.71. The first kappa shape index (κ1) is 14.9. The van der Waals surface area contributed by atoms with Crippen molar-refractivity contribution in [2.45, 2.75) is 25.7 Å². The van der Waals surface area contributed by atoms with E-state index in [4.69, 9.17) is 16.6 Å². The Kier molecular flexibility index (Phi) is 3.93. The molecule has 2 aromatic rings. The second-order valence-electron chi connectivity index (χ2n) is 6.24. The molecule has 118 valence electrons. The number of benzene rings is 1. The van der Waals surface area contributed by atoms with Crippen molar-refractivity contribution in [3.63, 3.8) is 0 Å². The molecule has 2 aliphatic rings. The summed E-state index contributed by atoms with van der Waals surface area (Å²) in [5, 5.41) is 11.9. The van der Waals surface area contributed by atoms with Crippen LogP contribution in [0.5, 0.6) is 0 Å². The maximum atomic E-state index is 9.69. The third kappa shape index (κ3) is 2.80. The van der Waals surface area contributed by atoms with Gasteiger partial charge in [0.05, 0.1) is 5.69 Å². The van der Waals surface area contributed by atoms with Crippen LogP contribution >= 0.6 is 11.6 Å². The zero-order valence-corrected chi connectivity index (χ0v) is 13.7. The quantitative estimate of drug-likeness (QED) is 0.791. The number of halogens is 1. The van der Waals surface area contributed by atoms with Crippen molar-refractivity contribution in [2.75, 3.05) is 13.1 Å². The molecule has 1 fully saturated rings. The van der Waals surface area contributed by atoms with Crippen LogP contribution in [0.25, 0.3) is 5.57 Å². The van der Waals surface area contributed by atoms with Crippen molar-refractivity contribution in [3.8, 4) is 0 Å². The molecule has 3 nitrogen and oxygen atoms in total. The van der Waals surface area contributed by atoms with Crippen LogP contribution in [-0.2, 0) is 12.8 Å². The van der Waals surface area contributed by atoms with Gasteiger partial charge in [0.1, 0.15) is 0 Å². The molecule has 23 heavy (non-hydrogen) atoms. The number of hydrogen-bond acceptors (Lipinski definition) is 3.